The number of para-hydroxylation sites is 1. The molecule has 6 heteroatoms. The molecule has 5 nitrogen and oxygen atoms in total. The van der Waals surface area contributed by atoms with Crippen molar-refractivity contribution < 1.29 is 13.9 Å². The summed E-state index contributed by atoms with van der Waals surface area (Å²) in [5.41, 5.74) is 2.23. The molecule has 0 radical (unpaired) electrons. The number of nitrogens with zero attached hydrogens (tertiary/aromatic N) is 1. The molecule has 0 bridgehead atoms. The predicted molar refractivity (Wildman–Crippen MR) is 121 cm³/mol. The molecule has 1 aromatic carbocycles. The highest BCUT2D eigenvalue weighted by molar-refractivity contribution is 7.16. The second-order valence-electron chi connectivity index (χ2n) is 7.94. The van der Waals surface area contributed by atoms with Gasteiger partial charge >= 0.3 is 0 Å². The molecular weight excluding hydrogens is 396 g/mol. The standard InChI is InChI=1S/C24H28N2O3S/c1-16-10-12-26(13-11-16)22(18-7-4-5-8-20(18)28-3)19-15-17(2)30-24(19)25-23(27)21-9-6-14-29-21/h4-9,14-16,22H,10-13H2,1-3H3,(H,25,27)/t22-/m0/s1. The number of piperidine rings is 1. The maximum absolute atomic E-state index is 12.7. The molecule has 158 valence electrons. The van der Waals surface area contributed by atoms with Gasteiger partial charge in [0.05, 0.1) is 19.4 Å². The van der Waals surface area contributed by atoms with E-state index in [1.165, 1.54) is 19.1 Å². The first-order valence-corrected chi connectivity index (χ1v) is 11.2. The Kier molecular flexibility index (Phi) is 6.25. The highest BCUT2D eigenvalue weighted by atomic mass is 32.1. The number of anilines is 1. The molecule has 1 aliphatic heterocycles. The number of aryl methyl sites for hydroxylation is 1. The van der Waals surface area contributed by atoms with E-state index in [2.05, 4.69) is 42.3 Å². The summed E-state index contributed by atoms with van der Waals surface area (Å²) in [6.45, 7) is 6.43. The van der Waals surface area contributed by atoms with Gasteiger partial charge in [0.15, 0.2) is 5.76 Å². The maximum atomic E-state index is 12.7. The number of carbonyl (C=O) groups is 1. The minimum atomic E-state index is -0.228. The van der Waals surface area contributed by atoms with Crippen LogP contribution >= 0.6 is 11.3 Å². The Morgan fingerprint density at radius 3 is 2.67 bits per heavy atom. The summed E-state index contributed by atoms with van der Waals surface area (Å²) >= 11 is 1.60. The van der Waals surface area contributed by atoms with Crippen LogP contribution in [0.5, 0.6) is 5.75 Å². The van der Waals surface area contributed by atoms with E-state index in [9.17, 15) is 4.79 Å². The Morgan fingerprint density at radius 2 is 1.97 bits per heavy atom. The van der Waals surface area contributed by atoms with Gasteiger partial charge in [0.2, 0.25) is 0 Å². The summed E-state index contributed by atoms with van der Waals surface area (Å²) in [4.78, 5) is 16.4. The molecule has 1 amide bonds. The lowest BCUT2D eigenvalue weighted by atomic mass is 9.92. The van der Waals surface area contributed by atoms with Crippen LogP contribution in [0.25, 0.3) is 0 Å². The maximum Gasteiger partial charge on any atom is 0.291 e. The van der Waals surface area contributed by atoms with E-state index < -0.39 is 0 Å². The van der Waals surface area contributed by atoms with Crippen molar-refractivity contribution in [3.05, 3.63) is 70.5 Å². The molecule has 1 saturated heterocycles. The number of amides is 1. The number of nitrogens with one attached hydrogen (secondary N) is 1. The second-order valence-corrected chi connectivity index (χ2v) is 9.19. The third kappa shape index (κ3) is 4.30. The molecule has 0 unspecified atom stereocenters. The first-order chi connectivity index (χ1) is 14.6. The summed E-state index contributed by atoms with van der Waals surface area (Å²) in [5.74, 6) is 1.69. The fraction of sp³-hybridized carbons (Fsp3) is 0.375. The van der Waals surface area contributed by atoms with Crippen molar-refractivity contribution in [2.45, 2.75) is 32.7 Å². The predicted octanol–water partition coefficient (Wildman–Crippen LogP) is 5.73. The summed E-state index contributed by atoms with van der Waals surface area (Å²) in [6, 6.07) is 13.8. The molecule has 1 atom stereocenters. The van der Waals surface area contributed by atoms with E-state index in [-0.39, 0.29) is 11.9 Å². The molecule has 0 spiro atoms. The van der Waals surface area contributed by atoms with Crippen LogP contribution in [0.1, 0.15) is 52.4 Å². The molecule has 0 saturated carbocycles. The first-order valence-electron chi connectivity index (χ1n) is 10.4. The molecule has 0 aliphatic carbocycles. The lowest BCUT2D eigenvalue weighted by Gasteiger charge is -2.37. The minimum absolute atomic E-state index is 0.0190. The van der Waals surface area contributed by atoms with E-state index in [4.69, 9.17) is 9.15 Å². The van der Waals surface area contributed by atoms with Crippen LogP contribution in [-0.2, 0) is 0 Å². The van der Waals surface area contributed by atoms with Crippen LogP contribution in [0.4, 0.5) is 5.00 Å². The van der Waals surface area contributed by atoms with E-state index in [1.54, 1.807) is 30.6 Å². The molecule has 1 aliphatic rings. The number of hydrogen-bond donors (Lipinski definition) is 1. The quantitative estimate of drug-likeness (QED) is 0.549. The summed E-state index contributed by atoms with van der Waals surface area (Å²) in [7, 11) is 1.71. The number of rotatable bonds is 6. The Labute approximate surface area is 181 Å². The van der Waals surface area contributed by atoms with Crippen LogP contribution in [0.15, 0.2) is 53.1 Å². The largest absolute Gasteiger partial charge is 0.496 e. The zero-order chi connectivity index (χ0) is 21.1. The Morgan fingerprint density at radius 1 is 1.20 bits per heavy atom. The van der Waals surface area contributed by atoms with E-state index >= 15 is 0 Å². The van der Waals surface area contributed by atoms with Gasteiger partial charge < -0.3 is 14.5 Å². The van der Waals surface area contributed by atoms with E-state index in [0.29, 0.717) is 5.76 Å². The van der Waals surface area contributed by atoms with Crippen molar-refractivity contribution in [3.63, 3.8) is 0 Å². The molecule has 4 rings (SSSR count). The smallest absolute Gasteiger partial charge is 0.291 e. The van der Waals surface area contributed by atoms with E-state index in [0.717, 1.165) is 45.8 Å². The SMILES string of the molecule is COc1ccccc1[C@@H](c1cc(C)sc1NC(=O)c1ccco1)N1CCC(C)CC1. The summed E-state index contributed by atoms with van der Waals surface area (Å²) < 4.78 is 11.0. The average Bonchev–Trinajstić information content (AvgIpc) is 3.40. The number of furan rings is 1. The van der Waals surface area contributed by atoms with Crippen molar-refractivity contribution in [1.29, 1.82) is 0 Å². The minimum Gasteiger partial charge on any atom is -0.496 e. The topological polar surface area (TPSA) is 54.7 Å². The Balaban J connectivity index is 1.75. The van der Waals surface area contributed by atoms with Gasteiger partial charge in [0.25, 0.3) is 5.91 Å². The highest BCUT2D eigenvalue weighted by Crippen LogP contribution is 2.43. The fourth-order valence-electron chi connectivity index (χ4n) is 4.15. The van der Waals surface area contributed by atoms with Crippen LogP contribution in [0.3, 0.4) is 0 Å². The van der Waals surface area contributed by atoms with Gasteiger partial charge in [-0.2, -0.15) is 0 Å². The fourth-order valence-corrected chi connectivity index (χ4v) is 5.09. The van der Waals surface area contributed by atoms with Crippen molar-refractivity contribution in [1.82, 2.24) is 4.90 Å². The normalized spacial score (nSPS) is 16.4. The molecule has 1 fully saturated rings. The summed E-state index contributed by atoms with van der Waals surface area (Å²) in [6.07, 6.45) is 3.85. The Hall–Kier alpha value is -2.57. The van der Waals surface area contributed by atoms with Crippen molar-refractivity contribution >= 4 is 22.2 Å². The van der Waals surface area contributed by atoms with Crippen LogP contribution in [0.2, 0.25) is 0 Å². The molecule has 1 N–H and O–H groups in total. The number of methoxy groups -OCH3 is 1. The van der Waals surface area contributed by atoms with Gasteiger partial charge in [0, 0.05) is 16.0 Å². The van der Waals surface area contributed by atoms with Crippen LogP contribution in [-0.4, -0.2) is 31.0 Å². The number of benzene rings is 1. The van der Waals surface area contributed by atoms with Gasteiger partial charge in [-0.1, -0.05) is 25.1 Å². The molecule has 2 aromatic heterocycles. The van der Waals surface area contributed by atoms with Gasteiger partial charge in [-0.3, -0.25) is 9.69 Å². The highest BCUT2D eigenvalue weighted by Gasteiger charge is 2.31. The number of thiophene rings is 1. The van der Waals surface area contributed by atoms with Gasteiger partial charge in [-0.15, -0.1) is 11.3 Å². The molecular formula is C24H28N2O3S. The molecule has 3 aromatic rings. The van der Waals surface area contributed by atoms with Gasteiger partial charge in [-0.05, 0) is 63.0 Å². The average molecular weight is 425 g/mol. The number of ether oxygens (including phenoxy) is 1. The van der Waals surface area contributed by atoms with E-state index in [1.807, 2.05) is 12.1 Å². The number of carbonyl (C=O) groups excluding carboxylic acids is 1. The van der Waals surface area contributed by atoms with Crippen molar-refractivity contribution in [3.8, 4) is 5.75 Å². The number of likely N-dealkylation sites (tertiary alicyclic amines) is 1. The summed E-state index contributed by atoms with van der Waals surface area (Å²) in [5, 5.41) is 3.95. The van der Waals surface area contributed by atoms with Gasteiger partial charge in [0.1, 0.15) is 10.8 Å². The van der Waals surface area contributed by atoms with Gasteiger partial charge in [-0.25, -0.2) is 0 Å². The van der Waals surface area contributed by atoms with Crippen LogP contribution in [0, 0.1) is 12.8 Å². The zero-order valence-corrected chi connectivity index (χ0v) is 18.5. The lowest BCUT2D eigenvalue weighted by Crippen LogP contribution is -2.37. The Bertz CT molecular complexity index is 988. The second kappa shape index (κ2) is 9.06. The molecule has 3 heterocycles. The van der Waals surface area contributed by atoms with Crippen molar-refractivity contribution in [2.75, 3.05) is 25.5 Å². The zero-order valence-electron chi connectivity index (χ0n) is 17.7. The first kappa shape index (κ1) is 20.7. The number of hydrogen-bond acceptors (Lipinski definition) is 5. The third-order valence-electron chi connectivity index (χ3n) is 5.77. The lowest BCUT2D eigenvalue weighted by molar-refractivity contribution is 0.0996. The molecule has 30 heavy (non-hydrogen) atoms. The monoisotopic (exact) mass is 424 g/mol. The third-order valence-corrected chi connectivity index (χ3v) is 6.75. The van der Waals surface area contributed by atoms with Crippen LogP contribution < -0.4 is 10.1 Å². The van der Waals surface area contributed by atoms with Crippen molar-refractivity contribution in [2.24, 2.45) is 5.92 Å².